The normalized spacial score (nSPS) is 10.4. The molecular formula is C23H24N4O6. The number of benzene rings is 2. The second-order valence-corrected chi connectivity index (χ2v) is 7.13. The number of methoxy groups -OCH3 is 1. The van der Waals surface area contributed by atoms with Crippen LogP contribution >= 0.6 is 0 Å². The van der Waals surface area contributed by atoms with Crippen LogP contribution in [0.25, 0.3) is 0 Å². The zero-order valence-electron chi connectivity index (χ0n) is 18.2. The van der Waals surface area contributed by atoms with Crippen molar-refractivity contribution in [3.63, 3.8) is 0 Å². The summed E-state index contributed by atoms with van der Waals surface area (Å²) < 4.78 is 10.7. The number of amides is 2. The topological polar surface area (TPSA) is 142 Å². The van der Waals surface area contributed by atoms with Crippen molar-refractivity contribution in [2.24, 2.45) is 0 Å². The van der Waals surface area contributed by atoms with Gasteiger partial charge in [-0.3, -0.25) is 19.4 Å². The summed E-state index contributed by atoms with van der Waals surface area (Å²) in [5.74, 6) is 0.280. The van der Waals surface area contributed by atoms with Crippen LogP contribution in [-0.4, -0.2) is 35.5 Å². The maximum absolute atomic E-state index is 12.3. The van der Waals surface area contributed by atoms with Crippen molar-refractivity contribution in [1.29, 1.82) is 0 Å². The van der Waals surface area contributed by atoms with E-state index in [1.807, 2.05) is 0 Å². The van der Waals surface area contributed by atoms with Crippen LogP contribution in [0.1, 0.15) is 17.7 Å². The highest BCUT2D eigenvalue weighted by molar-refractivity contribution is 5.94. The maximum atomic E-state index is 12.3. The lowest BCUT2D eigenvalue weighted by atomic mass is 10.1. The Kier molecular flexibility index (Phi) is 7.64. The minimum absolute atomic E-state index is 0.0410. The minimum atomic E-state index is -0.585. The van der Waals surface area contributed by atoms with Gasteiger partial charge in [-0.15, -0.1) is 0 Å². The van der Waals surface area contributed by atoms with Crippen molar-refractivity contribution >= 4 is 23.2 Å². The van der Waals surface area contributed by atoms with Crippen LogP contribution in [-0.2, 0) is 16.0 Å². The Morgan fingerprint density at radius 1 is 0.909 bits per heavy atom. The van der Waals surface area contributed by atoms with E-state index < -0.39 is 11.2 Å². The van der Waals surface area contributed by atoms with E-state index in [1.54, 1.807) is 55.5 Å². The van der Waals surface area contributed by atoms with Gasteiger partial charge in [0.25, 0.3) is 11.5 Å². The number of rotatable bonds is 9. The number of aromatic nitrogens is 2. The van der Waals surface area contributed by atoms with Crippen molar-refractivity contribution in [2.75, 3.05) is 24.4 Å². The first-order chi connectivity index (χ1) is 15.9. The average Bonchev–Trinajstić information content (AvgIpc) is 2.77. The predicted octanol–water partition coefficient (Wildman–Crippen LogP) is 1.97. The molecule has 2 amide bonds. The molecule has 0 saturated heterocycles. The standard InChI is InChI=1S/C23H24N4O6/c1-14-17(22(30)27-23(31)24-14)10-11-20(28)25-15-6-5-7-16(12-15)26-21(29)13-33-19-9-4-3-8-18(19)32-2/h3-9,12H,10-11,13H2,1-2H3,(H,25,28)(H,26,29)(H2,24,27,30,31). The number of carbonyl (C=O) groups excluding carboxylic acids is 2. The fourth-order valence-corrected chi connectivity index (χ4v) is 3.14. The minimum Gasteiger partial charge on any atom is -0.493 e. The number of ether oxygens (including phenoxy) is 2. The molecule has 3 rings (SSSR count). The first-order valence-corrected chi connectivity index (χ1v) is 10.1. The number of hydrogen-bond acceptors (Lipinski definition) is 6. The molecule has 0 bridgehead atoms. The van der Waals surface area contributed by atoms with Gasteiger partial charge in [-0.25, -0.2) is 4.79 Å². The molecule has 0 unspecified atom stereocenters. The SMILES string of the molecule is COc1ccccc1OCC(=O)Nc1cccc(NC(=O)CCc2c(C)[nH]c(=O)[nH]c2=O)c1. The molecule has 172 valence electrons. The zero-order chi connectivity index (χ0) is 23.8. The number of nitrogens with one attached hydrogen (secondary N) is 4. The van der Waals surface area contributed by atoms with Gasteiger partial charge in [0.15, 0.2) is 18.1 Å². The van der Waals surface area contributed by atoms with Gasteiger partial charge in [-0.2, -0.15) is 0 Å². The van der Waals surface area contributed by atoms with Gasteiger partial charge in [0.2, 0.25) is 5.91 Å². The molecule has 0 aliphatic carbocycles. The Labute approximate surface area is 189 Å². The summed E-state index contributed by atoms with van der Waals surface area (Å²) in [5.41, 5.74) is 0.643. The predicted molar refractivity (Wildman–Crippen MR) is 123 cm³/mol. The maximum Gasteiger partial charge on any atom is 0.325 e. The van der Waals surface area contributed by atoms with Crippen LogP contribution in [0, 0.1) is 6.92 Å². The van der Waals surface area contributed by atoms with E-state index in [9.17, 15) is 19.2 Å². The van der Waals surface area contributed by atoms with Crippen molar-refractivity contribution in [3.05, 3.63) is 80.6 Å². The highest BCUT2D eigenvalue weighted by Gasteiger charge is 2.11. The summed E-state index contributed by atoms with van der Waals surface area (Å²) in [5, 5.41) is 5.43. The smallest absolute Gasteiger partial charge is 0.325 e. The Balaban J connectivity index is 1.54. The number of anilines is 2. The van der Waals surface area contributed by atoms with Gasteiger partial charge in [-0.1, -0.05) is 18.2 Å². The molecule has 33 heavy (non-hydrogen) atoms. The van der Waals surface area contributed by atoms with E-state index in [2.05, 4.69) is 20.6 Å². The molecule has 4 N–H and O–H groups in total. The molecule has 1 aromatic heterocycles. The van der Waals surface area contributed by atoms with Crippen molar-refractivity contribution in [2.45, 2.75) is 19.8 Å². The third-order valence-electron chi connectivity index (χ3n) is 4.71. The summed E-state index contributed by atoms with van der Waals surface area (Å²) in [7, 11) is 1.52. The third-order valence-corrected chi connectivity index (χ3v) is 4.71. The van der Waals surface area contributed by atoms with E-state index in [4.69, 9.17) is 9.47 Å². The van der Waals surface area contributed by atoms with E-state index in [-0.39, 0.29) is 31.3 Å². The van der Waals surface area contributed by atoms with Gasteiger partial charge in [0, 0.05) is 29.1 Å². The Hall–Kier alpha value is -4.34. The first kappa shape index (κ1) is 23.3. The molecular weight excluding hydrogens is 428 g/mol. The van der Waals surface area contributed by atoms with Crippen LogP contribution in [0.15, 0.2) is 58.1 Å². The lowest BCUT2D eigenvalue weighted by molar-refractivity contribution is -0.118. The highest BCUT2D eigenvalue weighted by Crippen LogP contribution is 2.25. The van der Waals surface area contributed by atoms with Gasteiger partial charge in [-0.05, 0) is 43.7 Å². The molecule has 0 radical (unpaired) electrons. The number of H-pyrrole nitrogens is 2. The lowest BCUT2D eigenvalue weighted by Crippen LogP contribution is -2.27. The fourth-order valence-electron chi connectivity index (χ4n) is 3.14. The number of aryl methyl sites for hydroxylation is 1. The van der Waals surface area contributed by atoms with Crippen LogP contribution in [0.5, 0.6) is 11.5 Å². The number of para-hydroxylation sites is 2. The quantitative estimate of drug-likeness (QED) is 0.391. The van der Waals surface area contributed by atoms with Crippen LogP contribution in [0.2, 0.25) is 0 Å². The van der Waals surface area contributed by atoms with Crippen molar-refractivity contribution in [3.8, 4) is 11.5 Å². The molecule has 10 nitrogen and oxygen atoms in total. The molecule has 0 fully saturated rings. The zero-order valence-corrected chi connectivity index (χ0v) is 18.2. The molecule has 0 spiro atoms. The summed E-state index contributed by atoms with van der Waals surface area (Å²) in [6.45, 7) is 1.39. The van der Waals surface area contributed by atoms with Gasteiger partial charge in [0.1, 0.15) is 0 Å². The molecule has 0 atom stereocenters. The molecule has 0 aliphatic rings. The van der Waals surface area contributed by atoms with E-state index in [0.29, 0.717) is 34.1 Å². The Morgan fingerprint density at radius 3 is 2.24 bits per heavy atom. The largest absolute Gasteiger partial charge is 0.493 e. The van der Waals surface area contributed by atoms with Crippen molar-refractivity contribution in [1.82, 2.24) is 9.97 Å². The van der Waals surface area contributed by atoms with Gasteiger partial charge >= 0.3 is 5.69 Å². The Morgan fingerprint density at radius 2 is 1.58 bits per heavy atom. The second-order valence-electron chi connectivity index (χ2n) is 7.13. The fraction of sp³-hybridized carbons (Fsp3) is 0.217. The first-order valence-electron chi connectivity index (χ1n) is 10.1. The molecule has 0 aliphatic heterocycles. The van der Waals surface area contributed by atoms with Gasteiger partial charge in [0.05, 0.1) is 7.11 Å². The lowest BCUT2D eigenvalue weighted by Gasteiger charge is -2.11. The number of aromatic amines is 2. The summed E-state index contributed by atoms with van der Waals surface area (Å²) in [4.78, 5) is 52.4. The number of hydrogen-bond donors (Lipinski definition) is 4. The van der Waals surface area contributed by atoms with E-state index in [1.165, 1.54) is 7.11 Å². The average molecular weight is 452 g/mol. The van der Waals surface area contributed by atoms with Crippen LogP contribution in [0.3, 0.4) is 0 Å². The summed E-state index contributed by atoms with van der Waals surface area (Å²) in [6, 6.07) is 13.7. The van der Waals surface area contributed by atoms with E-state index >= 15 is 0 Å². The molecule has 3 aromatic rings. The van der Waals surface area contributed by atoms with Crippen LogP contribution in [0.4, 0.5) is 11.4 Å². The summed E-state index contributed by atoms with van der Waals surface area (Å²) >= 11 is 0. The summed E-state index contributed by atoms with van der Waals surface area (Å²) in [6.07, 6.45) is 0.208. The highest BCUT2D eigenvalue weighted by atomic mass is 16.5. The monoisotopic (exact) mass is 452 g/mol. The van der Waals surface area contributed by atoms with Gasteiger partial charge < -0.3 is 25.1 Å². The molecule has 10 heteroatoms. The molecule has 0 saturated carbocycles. The Bertz CT molecular complexity index is 1260. The third kappa shape index (κ3) is 6.57. The van der Waals surface area contributed by atoms with Crippen molar-refractivity contribution < 1.29 is 19.1 Å². The van der Waals surface area contributed by atoms with E-state index in [0.717, 1.165) is 0 Å². The molecule has 2 aromatic carbocycles. The second kappa shape index (κ2) is 10.8. The number of carbonyl (C=O) groups is 2. The van der Waals surface area contributed by atoms with Crippen LogP contribution < -0.4 is 31.4 Å². The molecule has 1 heterocycles.